The molecule has 0 bridgehead atoms. The highest BCUT2D eigenvalue weighted by Gasteiger charge is 2.12. The lowest BCUT2D eigenvalue weighted by atomic mass is 10.3. The molecule has 0 aliphatic heterocycles. The molecule has 0 aliphatic rings. The van der Waals surface area contributed by atoms with E-state index in [1.165, 1.54) is 0 Å². The summed E-state index contributed by atoms with van der Waals surface area (Å²) in [5.74, 6) is 1.14. The first-order valence-corrected chi connectivity index (χ1v) is 6.85. The summed E-state index contributed by atoms with van der Waals surface area (Å²) in [7, 11) is 3.49. The quantitative estimate of drug-likeness (QED) is 0.814. The Labute approximate surface area is 121 Å². The highest BCUT2D eigenvalue weighted by Crippen LogP contribution is 2.21. The fourth-order valence-electron chi connectivity index (χ4n) is 1.94. The summed E-state index contributed by atoms with van der Waals surface area (Å²) >= 11 is 11.9. The van der Waals surface area contributed by atoms with E-state index in [1.807, 2.05) is 16.7 Å². The summed E-state index contributed by atoms with van der Waals surface area (Å²) in [6, 6.07) is 5.52. The Morgan fingerprint density at radius 3 is 2.79 bits per heavy atom. The van der Waals surface area contributed by atoms with Gasteiger partial charge in [-0.05, 0) is 18.2 Å². The number of aromatic nitrogens is 2. The van der Waals surface area contributed by atoms with Crippen LogP contribution in [0.5, 0.6) is 0 Å². The number of benzene rings is 1. The van der Waals surface area contributed by atoms with Gasteiger partial charge in [0.25, 0.3) is 0 Å². The molecule has 2 aromatic rings. The van der Waals surface area contributed by atoms with Crippen LogP contribution in [0.1, 0.15) is 12.2 Å². The van der Waals surface area contributed by atoms with Gasteiger partial charge in [0.2, 0.25) is 5.91 Å². The summed E-state index contributed by atoms with van der Waals surface area (Å²) < 4.78 is 1.97. The van der Waals surface area contributed by atoms with Gasteiger partial charge in [-0.2, -0.15) is 0 Å². The van der Waals surface area contributed by atoms with Crippen LogP contribution in [0.2, 0.25) is 5.02 Å². The van der Waals surface area contributed by atoms with Crippen LogP contribution in [0.25, 0.3) is 11.0 Å². The monoisotopic (exact) mass is 299 g/mol. The molecular formula is C13H15Cl2N3O. The molecule has 0 saturated heterocycles. The maximum absolute atomic E-state index is 11.7. The normalized spacial score (nSPS) is 10.9. The van der Waals surface area contributed by atoms with Gasteiger partial charge in [0.15, 0.2) is 0 Å². The SMILES string of the molecule is CN(C)C(=O)CCn1c(CCl)nc2cc(Cl)ccc21. The lowest BCUT2D eigenvalue weighted by Gasteiger charge is -2.12. The lowest BCUT2D eigenvalue weighted by molar-refractivity contribution is -0.128. The summed E-state index contributed by atoms with van der Waals surface area (Å²) in [4.78, 5) is 17.7. The molecule has 0 saturated carbocycles. The van der Waals surface area contributed by atoms with E-state index < -0.39 is 0 Å². The van der Waals surface area contributed by atoms with Crippen LogP contribution in [0.4, 0.5) is 0 Å². The van der Waals surface area contributed by atoms with Crippen molar-refractivity contribution in [2.24, 2.45) is 0 Å². The Balaban J connectivity index is 2.33. The van der Waals surface area contributed by atoms with Gasteiger partial charge in [-0.25, -0.2) is 4.98 Å². The third-order valence-electron chi connectivity index (χ3n) is 2.96. The molecular weight excluding hydrogens is 285 g/mol. The largest absolute Gasteiger partial charge is 0.349 e. The number of nitrogens with zero attached hydrogens (tertiary/aromatic N) is 3. The molecule has 102 valence electrons. The predicted octanol–water partition coefficient (Wildman–Crippen LogP) is 2.91. The van der Waals surface area contributed by atoms with Crippen molar-refractivity contribution in [1.29, 1.82) is 0 Å². The van der Waals surface area contributed by atoms with E-state index >= 15 is 0 Å². The number of halogens is 2. The third kappa shape index (κ3) is 3.01. The molecule has 0 N–H and O–H groups in total. The van der Waals surface area contributed by atoms with E-state index in [1.54, 1.807) is 25.1 Å². The fourth-order valence-corrected chi connectivity index (χ4v) is 2.31. The lowest BCUT2D eigenvalue weighted by Crippen LogP contribution is -2.23. The van der Waals surface area contributed by atoms with Crippen LogP contribution in [0, 0.1) is 0 Å². The van der Waals surface area contributed by atoms with Gasteiger partial charge in [0, 0.05) is 32.1 Å². The zero-order valence-electron chi connectivity index (χ0n) is 10.9. The van der Waals surface area contributed by atoms with Crippen molar-refractivity contribution in [1.82, 2.24) is 14.5 Å². The number of fused-ring (bicyclic) bond motifs is 1. The van der Waals surface area contributed by atoms with E-state index in [0.717, 1.165) is 16.9 Å². The van der Waals surface area contributed by atoms with Crippen molar-refractivity contribution in [3.8, 4) is 0 Å². The van der Waals surface area contributed by atoms with Gasteiger partial charge in [-0.15, -0.1) is 11.6 Å². The van der Waals surface area contributed by atoms with Crippen molar-refractivity contribution in [3.63, 3.8) is 0 Å². The smallest absolute Gasteiger partial charge is 0.223 e. The first kappa shape index (κ1) is 14.2. The molecule has 4 nitrogen and oxygen atoms in total. The van der Waals surface area contributed by atoms with Crippen molar-refractivity contribution in [3.05, 3.63) is 29.0 Å². The topological polar surface area (TPSA) is 38.1 Å². The summed E-state index contributed by atoms with van der Waals surface area (Å²) in [5.41, 5.74) is 1.76. The summed E-state index contributed by atoms with van der Waals surface area (Å²) in [5, 5.41) is 0.641. The molecule has 1 aromatic carbocycles. The van der Waals surface area contributed by atoms with Gasteiger partial charge in [0.05, 0.1) is 16.9 Å². The Morgan fingerprint density at radius 1 is 1.42 bits per heavy atom. The Morgan fingerprint density at radius 2 is 2.16 bits per heavy atom. The molecule has 1 aromatic heterocycles. The van der Waals surface area contributed by atoms with Crippen LogP contribution in [-0.4, -0.2) is 34.5 Å². The summed E-state index contributed by atoms with van der Waals surface area (Å²) in [6.07, 6.45) is 0.422. The van der Waals surface area contributed by atoms with Crippen LogP contribution < -0.4 is 0 Å². The molecule has 0 spiro atoms. The Bertz CT molecular complexity index is 607. The first-order valence-electron chi connectivity index (χ1n) is 5.93. The second kappa shape index (κ2) is 5.80. The number of carbonyl (C=O) groups excluding carboxylic acids is 1. The Kier molecular flexibility index (Phi) is 4.32. The number of carbonyl (C=O) groups is 1. The molecule has 6 heteroatoms. The average Bonchev–Trinajstić information content (AvgIpc) is 2.72. The van der Waals surface area contributed by atoms with Gasteiger partial charge in [0.1, 0.15) is 5.82 Å². The molecule has 0 radical (unpaired) electrons. The third-order valence-corrected chi connectivity index (χ3v) is 3.43. The Hall–Kier alpha value is -1.26. The van der Waals surface area contributed by atoms with Gasteiger partial charge < -0.3 is 9.47 Å². The number of alkyl halides is 1. The van der Waals surface area contributed by atoms with Crippen molar-refractivity contribution < 1.29 is 4.79 Å². The van der Waals surface area contributed by atoms with Gasteiger partial charge in [-0.1, -0.05) is 11.6 Å². The highest BCUT2D eigenvalue weighted by molar-refractivity contribution is 6.31. The second-order valence-electron chi connectivity index (χ2n) is 4.48. The van der Waals surface area contributed by atoms with E-state index in [-0.39, 0.29) is 5.91 Å². The number of amides is 1. The van der Waals surface area contributed by atoms with Crippen LogP contribution in [0.15, 0.2) is 18.2 Å². The second-order valence-corrected chi connectivity index (χ2v) is 5.19. The van der Waals surface area contributed by atoms with Crippen LogP contribution >= 0.6 is 23.2 Å². The van der Waals surface area contributed by atoms with E-state index in [0.29, 0.717) is 23.9 Å². The minimum atomic E-state index is 0.0799. The molecule has 1 heterocycles. The zero-order valence-corrected chi connectivity index (χ0v) is 12.4. The van der Waals surface area contributed by atoms with Crippen molar-refractivity contribution >= 4 is 40.1 Å². The molecule has 0 fully saturated rings. The minimum Gasteiger partial charge on any atom is -0.349 e. The maximum atomic E-state index is 11.7. The molecule has 0 aliphatic carbocycles. The predicted molar refractivity (Wildman–Crippen MR) is 77.6 cm³/mol. The number of hydrogen-bond donors (Lipinski definition) is 0. The van der Waals surface area contributed by atoms with E-state index in [4.69, 9.17) is 23.2 Å². The standard InChI is InChI=1S/C13H15Cl2N3O/c1-17(2)13(19)5-6-18-11-4-3-9(15)7-10(11)16-12(18)8-14/h3-4,7H,5-6,8H2,1-2H3. The van der Waals surface area contributed by atoms with E-state index in [9.17, 15) is 4.79 Å². The van der Waals surface area contributed by atoms with Crippen molar-refractivity contribution in [2.75, 3.05) is 14.1 Å². The number of hydrogen-bond acceptors (Lipinski definition) is 2. The minimum absolute atomic E-state index is 0.0799. The number of aryl methyl sites for hydroxylation is 1. The molecule has 2 rings (SSSR count). The van der Waals surface area contributed by atoms with Gasteiger partial charge in [-0.3, -0.25) is 4.79 Å². The zero-order chi connectivity index (χ0) is 14.0. The van der Waals surface area contributed by atoms with Crippen LogP contribution in [-0.2, 0) is 17.2 Å². The molecule has 19 heavy (non-hydrogen) atoms. The van der Waals surface area contributed by atoms with E-state index in [2.05, 4.69) is 4.98 Å². The molecule has 0 unspecified atom stereocenters. The highest BCUT2D eigenvalue weighted by atomic mass is 35.5. The van der Waals surface area contributed by atoms with Gasteiger partial charge >= 0.3 is 0 Å². The molecule has 0 atom stereocenters. The average molecular weight is 300 g/mol. The summed E-state index contributed by atoms with van der Waals surface area (Å²) in [6.45, 7) is 0.567. The molecule has 1 amide bonds. The number of imidazole rings is 1. The van der Waals surface area contributed by atoms with Crippen LogP contribution in [0.3, 0.4) is 0 Å². The number of rotatable bonds is 4. The maximum Gasteiger partial charge on any atom is 0.223 e. The first-order chi connectivity index (χ1) is 9.02. The van der Waals surface area contributed by atoms with Crippen molar-refractivity contribution in [2.45, 2.75) is 18.8 Å². The fraction of sp³-hybridized carbons (Fsp3) is 0.385.